The van der Waals surface area contributed by atoms with Crippen LogP contribution in [0.1, 0.15) is 27.2 Å². The third-order valence-corrected chi connectivity index (χ3v) is 4.70. The fourth-order valence-corrected chi connectivity index (χ4v) is 3.20. The largest absolute Gasteiger partial charge is 0.497 e. The van der Waals surface area contributed by atoms with Crippen molar-refractivity contribution in [1.29, 1.82) is 0 Å². The quantitative estimate of drug-likeness (QED) is 0.623. The van der Waals surface area contributed by atoms with Crippen molar-refractivity contribution in [3.8, 4) is 17.1 Å². The maximum absolute atomic E-state index is 12.0. The predicted octanol–water partition coefficient (Wildman–Crippen LogP) is 2.94. The molecule has 8 nitrogen and oxygen atoms in total. The van der Waals surface area contributed by atoms with Gasteiger partial charge in [0.1, 0.15) is 5.75 Å². The summed E-state index contributed by atoms with van der Waals surface area (Å²) in [5, 5.41) is 14.1. The summed E-state index contributed by atoms with van der Waals surface area (Å²) in [5.41, 5.74) is 0.921. The molecule has 1 heterocycles. The predicted molar refractivity (Wildman–Crippen MR) is 109 cm³/mol. The number of hydrogen-bond acceptors (Lipinski definition) is 6. The van der Waals surface area contributed by atoms with Crippen LogP contribution in [-0.2, 0) is 11.3 Å². The molecule has 0 fully saturated rings. The number of methoxy groups -OCH3 is 1. The van der Waals surface area contributed by atoms with E-state index in [9.17, 15) is 9.59 Å². The summed E-state index contributed by atoms with van der Waals surface area (Å²) in [4.78, 5) is 23.6. The summed E-state index contributed by atoms with van der Waals surface area (Å²) in [5.74, 6) is 1.59. The number of aromatic nitrogens is 3. The van der Waals surface area contributed by atoms with E-state index in [4.69, 9.17) is 4.74 Å². The second kappa shape index (κ2) is 10.7. The van der Waals surface area contributed by atoms with E-state index in [0.717, 1.165) is 30.1 Å². The van der Waals surface area contributed by atoms with E-state index in [1.165, 1.54) is 11.8 Å². The molecule has 0 aliphatic rings. The number of thioether (sulfide) groups is 1. The van der Waals surface area contributed by atoms with Gasteiger partial charge in [-0.05, 0) is 36.6 Å². The molecular formula is C19H27N5O3S. The monoisotopic (exact) mass is 405 g/mol. The number of amides is 3. The number of nitrogens with zero attached hydrogens (tertiary/aromatic N) is 3. The van der Waals surface area contributed by atoms with Gasteiger partial charge >= 0.3 is 6.03 Å². The Labute approximate surface area is 169 Å². The molecule has 0 aliphatic carbocycles. The van der Waals surface area contributed by atoms with Crippen molar-refractivity contribution < 1.29 is 14.3 Å². The Balaban J connectivity index is 2.10. The molecule has 0 radical (unpaired) electrons. The number of benzene rings is 1. The fraction of sp³-hybridized carbons (Fsp3) is 0.474. The molecule has 0 spiro atoms. The molecule has 0 aliphatic heterocycles. The highest BCUT2D eigenvalue weighted by molar-refractivity contribution is 7.99. The molecule has 0 atom stereocenters. The fourth-order valence-electron chi connectivity index (χ4n) is 2.45. The van der Waals surface area contributed by atoms with E-state index < -0.39 is 6.03 Å². The second-order valence-electron chi connectivity index (χ2n) is 6.63. The average molecular weight is 406 g/mol. The van der Waals surface area contributed by atoms with Crippen LogP contribution < -0.4 is 15.4 Å². The first-order valence-corrected chi connectivity index (χ1v) is 10.2. The van der Waals surface area contributed by atoms with Gasteiger partial charge in [-0.3, -0.25) is 10.1 Å². The van der Waals surface area contributed by atoms with Crippen molar-refractivity contribution in [2.75, 3.05) is 19.4 Å². The number of urea groups is 1. The lowest BCUT2D eigenvalue weighted by molar-refractivity contribution is -0.117. The minimum absolute atomic E-state index is 0.0817. The van der Waals surface area contributed by atoms with Gasteiger partial charge in [-0.2, -0.15) is 0 Å². The van der Waals surface area contributed by atoms with E-state index >= 15 is 0 Å². The topological polar surface area (TPSA) is 98.1 Å². The summed E-state index contributed by atoms with van der Waals surface area (Å²) in [6, 6.07) is 7.13. The van der Waals surface area contributed by atoms with Crippen molar-refractivity contribution in [3.05, 3.63) is 24.3 Å². The van der Waals surface area contributed by atoms with E-state index in [1.54, 1.807) is 7.11 Å². The standard InChI is InChI=1S/C19H27N5O3S/c1-5-10-20-18(26)21-16(25)12-28-19-23-22-17(24(19)11-13(2)3)14-6-8-15(27-4)9-7-14/h6-9,13H,5,10-12H2,1-4H3,(H2,20,21,25,26). The molecule has 2 N–H and O–H groups in total. The molecule has 1 aromatic carbocycles. The van der Waals surface area contributed by atoms with Crippen LogP contribution in [0.5, 0.6) is 5.75 Å². The zero-order valence-corrected chi connectivity index (χ0v) is 17.5. The van der Waals surface area contributed by atoms with Crippen LogP contribution in [0.25, 0.3) is 11.4 Å². The van der Waals surface area contributed by atoms with Crippen molar-refractivity contribution in [3.63, 3.8) is 0 Å². The van der Waals surface area contributed by atoms with E-state index in [1.807, 2.05) is 35.8 Å². The number of carbonyl (C=O) groups is 2. The van der Waals surface area contributed by atoms with Gasteiger partial charge in [0, 0.05) is 18.7 Å². The van der Waals surface area contributed by atoms with Crippen LogP contribution >= 0.6 is 11.8 Å². The van der Waals surface area contributed by atoms with Crippen molar-refractivity contribution in [1.82, 2.24) is 25.4 Å². The Morgan fingerprint density at radius 3 is 2.54 bits per heavy atom. The Morgan fingerprint density at radius 2 is 1.93 bits per heavy atom. The van der Waals surface area contributed by atoms with Crippen molar-refractivity contribution in [2.24, 2.45) is 5.92 Å². The molecule has 9 heteroatoms. The third kappa shape index (κ3) is 6.26. The molecule has 2 aromatic rings. The van der Waals surface area contributed by atoms with Gasteiger partial charge in [-0.1, -0.05) is 32.5 Å². The Hall–Kier alpha value is -2.55. The summed E-state index contributed by atoms with van der Waals surface area (Å²) in [6.45, 7) is 7.41. The van der Waals surface area contributed by atoms with Gasteiger partial charge in [0.25, 0.3) is 0 Å². The number of carbonyl (C=O) groups excluding carboxylic acids is 2. The Bertz CT molecular complexity index is 789. The molecule has 2 rings (SSSR count). The van der Waals surface area contributed by atoms with E-state index in [0.29, 0.717) is 17.6 Å². The minimum atomic E-state index is -0.477. The molecule has 0 bridgehead atoms. The third-order valence-electron chi connectivity index (χ3n) is 3.73. The first-order chi connectivity index (χ1) is 13.4. The molecule has 152 valence electrons. The summed E-state index contributed by atoms with van der Waals surface area (Å²) >= 11 is 1.26. The molecule has 28 heavy (non-hydrogen) atoms. The van der Waals surface area contributed by atoms with Gasteiger partial charge in [-0.15, -0.1) is 10.2 Å². The van der Waals surface area contributed by atoms with Crippen molar-refractivity contribution >= 4 is 23.7 Å². The normalized spacial score (nSPS) is 10.8. The molecule has 1 aromatic heterocycles. The number of rotatable bonds is 9. The van der Waals surface area contributed by atoms with Gasteiger partial charge < -0.3 is 14.6 Å². The number of ether oxygens (including phenoxy) is 1. The van der Waals surface area contributed by atoms with Gasteiger partial charge in [0.15, 0.2) is 11.0 Å². The van der Waals surface area contributed by atoms with Gasteiger partial charge in [0.05, 0.1) is 12.9 Å². The highest BCUT2D eigenvalue weighted by atomic mass is 32.2. The zero-order chi connectivity index (χ0) is 20.5. The maximum atomic E-state index is 12.0. The highest BCUT2D eigenvalue weighted by Crippen LogP contribution is 2.26. The molecule has 0 saturated heterocycles. The van der Waals surface area contributed by atoms with E-state index in [-0.39, 0.29) is 11.7 Å². The van der Waals surface area contributed by atoms with Gasteiger partial charge in [-0.25, -0.2) is 4.79 Å². The van der Waals surface area contributed by atoms with Gasteiger partial charge in [0.2, 0.25) is 5.91 Å². The molecule has 0 saturated carbocycles. The Morgan fingerprint density at radius 1 is 1.21 bits per heavy atom. The minimum Gasteiger partial charge on any atom is -0.497 e. The van der Waals surface area contributed by atoms with Crippen LogP contribution in [0.3, 0.4) is 0 Å². The molecule has 0 unspecified atom stereocenters. The number of hydrogen-bond donors (Lipinski definition) is 2. The summed E-state index contributed by atoms with van der Waals surface area (Å²) < 4.78 is 7.20. The van der Waals surface area contributed by atoms with Crippen LogP contribution in [-0.4, -0.2) is 46.1 Å². The molecular weight excluding hydrogens is 378 g/mol. The maximum Gasteiger partial charge on any atom is 0.321 e. The van der Waals surface area contributed by atoms with Crippen LogP contribution in [0.4, 0.5) is 4.79 Å². The van der Waals surface area contributed by atoms with E-state index in [2.05, 4.69) is 34.7 Å². The SMILES string of the molecule is CCCNC(=O)NC(=O)CSc1nnc(-c2ccc(OC)cc2)n1CC(C)C. The number of imide groups is 1. The number of nitrogens with one attached hydrogen (secondary N) is 2. The van der Waals surface area contributed by atoms with Crippen LogP contribution in [0, 0.1) is 5.92 Å². The lowest BCUT2D eigenvalue weighted by Crippen LogP contribution is -2.40. The summed E-state index contributed by atoms with van der Waals surface area (Å²) in [6.07, 6.45) is 0.808. The second-order valence-corrected chi connectivity index (χ2v) is 7.57. The first kappa shape index (κ1) is 21.7. The average Bonchev–Trinajstić information content (AvgIpc) is 3.06. The first-order valence-electron chi connectivity index (χ1n) is 9.22. The highest BCUT2D eigenvalue weighted by Gasteiger charge is 2.17. The zero-order valence-electron chi connectivity index (χ0n) is 16.7. The Kier molecular flexibility index (Phi) is 8.31. The molecule has 3 amide bonds. The summed E-state index contributed by atoms with van der Waals surface area (Å²) in [7, 11) is 1.62. The van der Waals surface area contributed by atoms with Crippen LogP contribution in [0.2, 0.25) is 0 Å². The lowest BCUT2D eigenvalue weighted by atomic mass is 10.2. The van der Waals surface area contributed by atoms with Crippen LogP contribution in [0.15, 0.2) is 29.4 Å². The lowest BCUT2D eigenvalue weighted by Gasteiger charge is -2.12. The smallest absolute Gasteiger partial charge is 0.321 e. The van der Waals surface area contributed by atoms with Crippen molar-refractivity contribution in [2.45, 2.75) is 38.9 Å².